The zero-order valence-corrected chi connectivity index (χ0v) is 13.1. The van der Waals surface area contributed by atoms with Crippen LogP contribution in [0.4, 0.5) is 0 Å². The summed E-state index contributed by atoms with van der Waals surface area (Å²) < 4.78 is 0. The van der Waals surface area contributed by atoms with Crippen molar-refractivity contribution in [2.24, 2.45) is 11.8 Å². The van der Waals surface area contributed by atoms with Crippen LogP contribution in [0, 0.1) is 18.8 Å². The lowest BCUT2D eigenvalue weighted by Crippen LogP contribution is -2.33. The molecule has 1 aromatic carbocycles. The number of hydrogen-bond acceptors (Lipinski definition) is 2. The van der Waals surface area contributed by atoms with Gasteiger partial charge in [0, 0.05) is 13.0 Å². The van der Waals surface area contributed by atoms with E-state index in [2.05, 4.69) is 11.4 Å². The summed E-state index contributed by atoms with van der Waals surface area (Å²) in [7, 11) is 0. The third-order valence-corrected chi connectivity index (χ3v) is 3.37. The SMILES string of the molecule is Cc1cccc(CCC(=O)NCC(CC(C)C)C(=O)O)c1. The monoisotopic (exact) mass is 291 g/mol. The second kappa shape index (κ2) is 8.45. The van der Waals surface area contributed by atoms with Gasteiger partial charge in [0.15, 0.2) is 0 Å². The Hall–Kier alpha value is -1.84. The van der Waals surface area contributed by atoms with E-state index in [1.165, 1.54) is 5.56 Å². The molecule has 21 heavy (non-hydrogen) atoms. The normalized spacial score (nSPS) is 12.2. The van der Waals surface area contributed by atoms with E-state index >= 15 is 0 Å². The molecule has 1 aromatic rings. The summed E-state index contributed by atoms with van der Waals surface area (Å²) >= 11 is 0. The molecule has 0 aliphatic heterocycles. The van der Waals surface area contributed by atoms with Gasteiger partial charge in [0.05, 0.1) is 5.92 Å². The number of nitrogens with one attached hydrogen (secondary N) is 1. The minimum absolute atomic E-state index is 0.0912. The lowest BCUT2D eigenvalue weighted by atomic mass is 9.97. The first-order valence-corrected chi connectivity index (χ1v) is 7.43. The zero-order chi connectivity index (χ0) is 15.8. The van der Waals surface area contributed by atoms with Crippen LogP contribution in [0.5, 0.6) is 0 Å². The highest BCUT2D eigenvalue weighted by molar-refractivity contribution is 5.77. The van der Waals surface area contributed by atoms with E-state index in [1.807, 2.05) is 39.0 Å². The molecule has 0 saturated carbocycles. The first-order valence-electron chi connectivity index (χ1n) is 7.43. The summed E-state index contributed by atoms with van der Waals surface area (Å²) in [5.41, 5.74) is 2.30. The number of carboxylic acid groups (broad SMARTS) is 1. The van der Waals surface area contributed by atoms with E-state index in [1.54, 1.807) is 0 Å². The first-order chi connectivity index (χ1) is 9.88. The highest BCUT2D eigenvalue weighted by atomic mass is 16.4. The number of hydrogen-bond donors (Lipinski definition) is 2. The average Bonchev–Trinajstić information content (AvgIpc) is 2.40. The third-order valence-electron chi connectivity index (χ3n) is 3.37. The van der Waals surface area contributed by atoms with Gasteiger partial charge >= 0.3 is 5.97 Å². The summed E-state index contributed by atoms with van der Waals surface area (Å²) in [5.74, 6) is -1.14. The van der Waals surface area contributed by atoms with Crippen molar-refractivity contribution in [3.8, 4) is 0 Å². The number of aliphatic carboxylic acids is 1. The molecule has 4 heteroatoms. The zero-order valence-electron chi connectivity index (χ0n) is 13.1. The van der Waals surface area contributed by atoms with Crippen LogP contribution in [-0.4, -0.2) is 23.5 Å². The maximum Gasteiger partial charge on any atom is 0.308 e. The molecule has 0 fully saturated rings. The number of carboxylic acids is 1. The molecule has 1 unspecified atom stereocenters. The Morgan fingerprint density at radius 2 is 2.00 bits per heavy atom. The van der Waals surface area contributed by atoms with Gasteiger partial charge in [-0.1, -0.05) is 43.7 Å². The quantitative estimate of drug-likeness (QED) is 0.774. The lowest BCUT2D eigenvalue weighted by molar-refractivity contribution is -0.142. The molecule has 0 spiro atoms. The minimum Gasteiger partial charge on any atom is -0.481 e. The Labute approximate surface area is 126 Å². The number of aryl methyl sites for hydroxylation is 2. The van der Waals surface area contributed by atoms with Gasteiger partial charge in [-0.25, -0.2) is 0 Å². The summed E-state index contributed by atoms with van der Waals surface area (Å²) in [5, 5.41) is 11.9. The molecule has 0 aromatic heterocycles. The molecule has 1 atom stereocenters. The van der Waals surface area contributed by atoms with Gasteiger partial charge < -0.3 is 10.4 Å². The fraction of sp³-hybridized carbons (Fsp3) is 0.529. The van der Waals surface area contributed by atoms with Gasteiger partial charge in [0.25, 0.3) is 0 Å². The first kappa shape index (κ1) is 17.2. The van der Waals surface area contributed by atoms with Crippen molar-refractivity contribution in [2.75, 3.05) is 6.54 Å². The molecule has 0 radical (unpaired) electrons. The van der Waals surface area contributed by atoms with E-state index in [0.717, 1.165) is 5.56 Å². The Morgan fingerprint density at radius 1 is 1.29 bits per heavy atom. The van der Waals surface area contributed by atoms with Crippen LogP contribution in [0.1, 0.15) is 37.8 Å². The molecular formula is C17H25NO3. The van der Waals surface area contributed by atoms with Gasteiger partial charge in [-0.2, -0.15) is 0 Å². The molecule has 2 N–H and O–H groups in total. The van der Waals surface area contributed by atoms with E-state index in [0.29, 0.717) is 25.2 Å². The number of rotatable bonds is 8. The van der Waals surface area contributed by atoms with Crippen LogP contribution < -0.4 is 5.32 Å². The van der Waals surface area contributed by atoms with Crippen molar-refractivity contribution in [2.45, 2.75) is 40.0 Å². The topological polar surface area (TPSA) is 66.4 Å². The summed E-state index contributed by atoms with van der Waals surface area (Å²) in [6.45, 7) is 6.19. The Kier molecular flexibility index (Phi) is 6.92. The summed E-state index contributed by atoms with van der Waals surface area (Å²) in [6, 6.07) is 8.06. The molecule has 116 valence electrons. The lowest BCUT2D eigenvalue weighted by Gasteiger charge is -2.15. The maximum atomic E-state index is 11.8. The Balaban J connectivity index is 2.37. The number of amides is 1. The largest absolute Gasteiger partial charge is 0.481 e. The Bertz CT molecular complexity index is 483. The van der Waals surface area contributed by atoms with Crippen molar-refractivity contribution in [3.63, 3.8) is 0 Å². The molecule has 0 aliphatic rings. The van der Waals surface area contributed by atoms with Crippen molar-refractivity contribution in [3.05, 3.63) is 35.4 Å². The van der Waals surface area contributed by atoms with Crippen LogP contribution >= 0.6 is 0 Å². The van der Waals surface area contributed by atoms with Gasteiger partial charge in [0.2, 0.25) is 5.91 Å². The molecule has 4 nitrogen and oxygen atoms in total. The fourth-order valence-corrected chi connectivity index (χ4v) is 2.29. The fourth-order valence-electron chi connectivity index (χ4n) is 2.29. The molecule has 1 rings (SSSR count). The number of benzene rings is 1. The number of carbonyl (C=O) groups is 2. The standard InChI is InChI=1S/C17H25NO3/c1-12(2)9-15(17(20)21)11-18-16(19)8-7-14-6-4-5-13(3)10-14/h4-6,10,12,15H,7-9,11H2,1-3H3,(H,18,19)(H,20,21). The summed E-state index contributed by atoms with van der Waals surface area (Å²) in [4.78, 5) is 22.9. The highest BCUT2D eigenvalue weighted by Crippen LogP contribution is 2.11. The number of carbonyl (C=O) groups excluding carboxylic acids is 1. The molecule has 0 aliphatic carbocycles. The molecule has 0 heterocycles. The van der Waals surface area contributed by atoms with Crippen LogP contribution in [-0.2, 0) is 16.0 Å². The van der Waals surface area contributed by atoms with Crippen molar-refractivity contribution in [1.82, 2.24) is 5.32 Å². The molecular weight excluding hydrogens is 266 g/mol. The van der Waals surface area contributed by atoms with Gasteiger partial charge in [0.1, 0.15) is 0 Å². The molecule has 0 saturated heterocycles. The third kappa shape index (κ3) is 6.93. The van der Waals surface area contributed by atoms with Crippen LogP contribution in [0.2, 0.25) is 0 Å². The minimum atomic E-state index is -0.845. The average molecular weight is 291 g/mol. The molecule has 0 bridgehead atoms. The van der Waals surface area contributed by atoms with Crippen molar-refractivity contribution < 1.29 is 14.7 Å². The smallest absolute Gasteiger partial charge is 0.308 e. The highest BCUT2D eigenvalue weighted by Gasteiger charge is 2.19. The van der Waals surface area contributed by atoms with Crippen LogP contribution in [0.3, 0.4) is 0 Å². The van der Waals surface area contributed by atoms with Crippen molar-refractivity contribution in [1.29, 1.82) is 0 Å². The van der Waals surface area contributed by atoms with Gasteiger partial charge in [-0.05, 0) is 31.2 Å². The van der Waals surface area contributed by atoms with Crippen molar-refractivity contribution >= 4 is 11.9 Å². The second-order valence-electron chi connectivity index (χ2n) is 5.96. The van der Waals surface area contributed by atoms with E-state index < -0.39 is 11.9 Å². The molecule has 1 amide bonds. The van der Waals surface area contributed by atoms with Gasteiger partial charge in [-0.15, -0.1) is 0 Å². The van der Waals surface area contributed by atoms with E-state index in [9.17, 15) is 9.59 Å². The second-order valence-corrected chi connectivity index (χ2v) is 5.96. The summed E-state index contributed by atoms with van der Waals surface area (Å²) in [6.07, 6.45) is 1.64. The van der Waals surface area contributed by atoms with Crippen LogP contribution in [0.15, 0.2) is 24.3 Å². The Morgan fingerprint density at radius 3 is 2.57 bits per heavy atom. The maximum absolute atomic E-state index is 11.8. The van der Waals surface area contributed by atoms with Crippen LogP contribution in [0.25, 0.3) is 0 Å². The van der Waals surface area contributed by atoms with Gasteiger partial charge in [-0.3, -0.25) is 9.59 Å². The van der Waals surface area contributed by atoms with E-state index in [-0.39, 0.29) is 12.5 Å². The van der Waals surface area contributed by atoms with E-state index in [4.69, 9.17) is 5.11 Å². The predicted molar refractivity (Wildman–Crippen MR) is 83.1 cm³/mol. The predicted octanol–water partition coefficient (Wildman–Crippen LogP) is 2.79.